The van der Waals surface area contributed by atoms with Crippen LogP contribution in [-0.2, 0) is 0 Å². The molecule has 2 aromatic rings. The molecule has 1 aliphatic rings. The molecule has 110 valence electrons. The Morgan fingerprint density at radius 2 is 2.00 bits per heavy atom. The number of carbonyl (C=O) groups is 1. The quantitative estimate of drug-likeness (QED) is 0.936. The molecule has 1 aromatic heterocycles. The van der Waals surface area contributed by atoms with E-state index in [0.717, 1.165) is 11.1 Å². The maximum Gasteiger partial charge on any atom is 0.258 e. The van der Waals surface area contributed by atoms with E-state index < -0.39 is 0 Å². The fourth-order valence-electron chi connectivity index (χ4n) is 2.93. The molecule has 0 radical (unpaired) electrons. The van der Waals surface area contributed by atoms with Crippen LogP contribution in [0.25, 0.3) is 11.1 Å². The van der Waals surface area contributed by atoms with E-state index in [1.165, 1.54) is 42.8 Å². The summed E-state index contributed by atoms with van der Waals surface area (Å²) in [5.41, 5.74) is 8.89. The third kappa shape index (κ3) is 3.01. The molecule has 2 N–H and O–H groups in total. The Kier molecular flexibility index (Phi) is 4.08. The number of carbonyl (C=O) groups excluding carboxylic acids is 1. The third-order valence-electron chi connectivity index (χ3n) is 4.23. The van der Waals surface area contributed by atoms with Gasteiger partial charge in [0.25, 0.3) is 5.91 Å². The van der Waals surface area contributed by atoms with Gasteiger partial charge in [0.05, 0.1) is 4.88 Å². The van der Waals surface area contributed by atoms with Crippen molar-refractivity contribution in [2.75, 3.05) is 13.1 Å². The molecule has 21 heavy (non-hydrogen) atoms. The summed E-state index contributed by atoms with van der Waals surface area (Å²) in [6, 6.07) is 10.9. The Morgan fingerprint density at radius 3 is 2.67 bits per heavy atom. The maximum absolute atomic E-state index is 11.2. The summed E-state index contributed by atoms with van der Waals surface area (Å²) in [7, 11) is 0. The summed E-state index contributed by atoms with van der Waals surface area (Å²) in [6.45, 7) is 4.65. The van der Waals surface area contributed by atoms with Crippen molar-refractivity contribution in [3.63, 3.8) is 0 Å². The van der Waals surface area contributed by atoms with Crippen LogP contribution in [0.15, 0.2) is 35.7 Å². The highest BCUT2D eigenvalue weighted by Gasteiger charge is 2.19. The highest BCUT2D eigenvalue weighted by molar-refractivity contribution is 7.12. The standard InChI is InChI=1S/C17H20N2OS/c1-12(19-7-2-3-8-19)13-5-4-6-14(9-13)15-10-16(17(18)20)21-11-15/h4-6,9-12H,2-3,7-8H2,1H3,(H2,18,20). The zero-order valence-electron chi connectivity index (χ0n) is 12.2. The van der Waals surface area contributed by atoms with Crippen molar-refractivity contribution in [2.45, 2.75) is 25.8 Å². The molecule has 1 unspecified atom stereocenters. The first-order valence-corrected chi connectivity index (χ1v) is 8.26. The second kappa shape index (κ2) is 6.00. The monoisotopic (exact) mass is 300 g/mol. The zero-order chi connectivity index (χ0) is 14.8. The van der Waals surface area contributed by atoms with E-state index in [-0.39, 0.29) is 5.91 Å². The first-order chi connectivity index (χ1) is 10.1. The largest absolute Gasteiger partial charge is 0.365 e. The second-order valence-corrected chi connectivity index (χ2v) is 6.52. The molecule has 4 heteroatoms. The van der Waals surface area contributed by atoms with Crippen LogP contribution in [0.1, 0.15) is 41.0 Å². The van der Waals surface area contributed by atoms with Gasteiger partial charge in [0, 0.05) is 6.04 Å². The molecule has 1 amide bonds. The molecule has 0 spiro atoms. The van der Waals surface area contributed by atoms with Gasteiger partial charge in [-0.3, -0.25) is 9.69 Å². The van der Waals surface area contributed by atoms with Crippen molar-refractivity contribution in [1.29, 1.82) is 0 Å². The van der Waals surface area contributed by atoms with Gasteiger partial charge in [-0.25, -0.2) is 0 Å². The summed E-state index contributed by atoms with van der Waals surface area (Å²) in [4.78, 5) is 14.4. The van der Waals surface area contributed by atoms with E-state index in [4.69, 9.17) is 5.73 Å². The molecular weight excluding hydrogens is 280 g/mol. The lowest BCUT2D eigenvalue weighted by Crippen LogP contribution is -2.23. The molecular formula is C17H20N2OS. The minimum Gasteiger partial charge on any atom is -0.365 e. The Morgan fingerprint density at radius 1 is 1.24 bits per heavy atom. The van der Waals surface area contributed by atoms with Crippen LogP contribution in [0.2, 0.25) is 0 Å². The van der Waals surface area contributed by atoms with E-state index in [1.54, 1.807) is 0 Å². The Labute approximate surface area is 129 Å². The van der Waals surface area contributed by atoms with Gasteiger partial charge in [0.2, 0.25) is 0 Å². The van der Waals surface area contributed by atoms with Gasteiger partial charge in [-0.2, -0.15) is 0 Å². The molecule has 2 heterocycles. The molecule has 1 atom stereocenters. The number of nitrogens with zero attached hydrogens (tertiary/aromatic N) is 1. The number of amides is 1. The lowest BCUT2D eigenvalue weighted by molar-refractivity contribution is 0.100. The molecule has 0 aliphatic carbocycles. The highest BCUT2D eigenvalue weighted by Crippen LogP contribution is 2.30. The molecule has 0 saturated carbocycles. The minimum absolute atomic E-state index is 0.354. The van der Waals surface area contributed by atoms with Crippen LogP contribution in [0, 0.1) is 0 Å². The van der Waals surface area contributed by atoms with Crippen molar-refractivity contribution in [3.05, 3.63) is 46.2 Å². The van der Waals surface area contributed by atoms with Crippen molar-refractivity contribution >= 4 is 17.2 Å². The normalized spacial score (nSPS) is 17.0. The van der Waals surface area contributed by atoms with Gasteiger partial charge >= 0.3 is 0 Å². The van der Waals surface area contributed by atoms with Gasteiger partial charge < -0.3 is 5.73 Å². The number of likely N-dealkylation sites (tertiary alicyclic amines) is 1. The van der Waals surface area contributed by atoms with Crippen LogP contribution in [-0.4, -0.2) is 23.9 Å². The number of hydrogen-bond acceptors (Lipinski definition) is 3. The van der Waals surface area contributed by atoms with E-state index in [1.807, 2.05) is 11.4 Å². The lowest BCUT2D eigenvalue weighted by Gasteiger charge is -2.24. The number of benzene rings is 1. The van der Waals surface area contributed by atoms with Gasteiger partial charge in [0.1, 0.15) is 0 Å². The lowest BCUT2D eigenvalue weighted by atomic mass is 10.0. The Bertz CT molecular complexity index is 644. The van der Waals surface area contributed by atoms with Crippen molar-refractivity contribution in [1.82, 2.24) is 4.90 Å². The van der Waals surface area contributed by atoms with Crippen LogP contribution in [0.4, 0.5) is 0 Å². The highest BCUT2D eigenvalue weighted by atomic mass is 32.1. The SMILES string of the molecule is CC(c1cccc(-c2csc(C(N)=O)c2)c1)N1CCCC1. The Hall–Kier alpha value is -1.65. The summed E-state index contributed by atoms with van der Waals surface area (Å²) in [6.07, 6.45) is 2.60. The maximum atomic E-state index is 11.2. The number of hydrogen-bond donors (Lipinski definition) is 1. The molecule has 1 aromatic carbocycles. The van der Waals surface area contributed by atoms with Gasteiger partial charge in [-0.15, -0.1) is 11.3 Å². The molecule has 0 bridgehead atoms. The first-order valence-electron chi connectivity index (χ1n) is 7.38. The summed E-state index contributed by atoms with van der Waals surface area (Å²) in [5.74, 6) is -0.354. The number of rotatable bonds is 4. The van der Waals surface area contributed by atoms with Crippen LogP contribution in [0.3, 0.4) is 0 Å². The average molecular weight is 300 g/mol. The molecule has 1 fully saturated rings. The second-order valence-electron chi connectivity index (χ2n) is 5.61. The van der Waals surface area contributed by atoms with Crippen molar-refractivity contribution in [3.8, 4) is 11.1 Å². The third-order valence-corrected chi connectivity index (χ3v) is 5.18. The number of thiophene rings is 1. The van der Waals surface area contributed by atoms with E-state index in [9.17, 15) is 4.79 Å². The van der Waals surface area contributed by atoms with Crippen LogP contribution in [0.5, 0.6) is 0 Å². The first kappa shape index (κ1) is 14.3. The number of nitrogens with two attached hydrogens (primary N) is 1. The number of primary amides is 1. The molecule has 3 rings (SSSR count). The van der Waals surface area contributed by atoms with Crippen molar-refractivity contribution in [2.24, 2.45) is 5.73 Å². The molecule has 3 nitrogen and oxygen atoms in total. The van der Waals surface area contributed by atoms with Crippen LogP contribution < -0.4 is 5.73 Å². The molecule has 1 aliphatic heterocycles. The van der Waals surface area contributed by atoms with E-state index in [0.29, 0.717) is 10.9 Å². The molecule has 1 saturated heterocycles. The summed E-state index contributed by atoms with van der Waals surface area (Å²) in [5, 5.41) is 2.00. The Balaban J connectivity index is 1.86. The predicted octanol–water partition coefficient (Wildman–Crippen LogP) is 3.67. The topological polar surface area (TPSA) is 46.3 Å². The van der Waals surface area contributed by atoms with Crippen molar-refractivity contribution < 1.29 is 4.79 Å². The smallest absolute Gasteiger partial charge is 0.258 e. The van der Waals surface area contributed by atoms with Crippen LogP contribution >= 0.6 is 11.3 Å². The summed E-state index contributed by atoms with van der Waals surface area (Å²) < 4.78 is 0. The average Bonchev–Trinajstić information content (AvgIpc) is 3.18. The van der Waals surface area contributed by atoms with Gasteiger partial charge in [-0.1, -0.05) is 18.2 Å². The fraction of sp³-hybridized carbons (Fsp3) is 0.353. The van der Waals surface area contributed by atoms with Gasteiger partial charge in [0.15, 0.2) is 0 Å². The summed E-state index contributed by atoms with van der Waals surface area (Å²) >= 11 is 1.41. The fourth-order valence-corrected chi connectivity index (χ4v) is 3.70. The minimum atomic E-state index is -0.354. The zero-order valence-corrected chi connectivity index (χ0v) is 13.0. The predicted molar refractivity (Wildman–Crippen MR) is 87.5 cm³/mol. The van der Waals surface area contributed by atoms with E-state index in [2.05, 4.69) is 36.1 Å². The van der Waals surface area contributed by atoms with Gasteiger partial charge in [-0.05, 0) is 67.1 Å². The van der Waals surface area contributed by atoms with E-state index >= 15 is 0 Å².